The van der Waals surface area contributed by atoms with Crippen molar-refractivity contribution < 1.29 is 9.53 Å². The summed E-state index contributed by atoms with van der Waals surface area (Å²) in [5, 5.41) is 0. The van der Waals surface area contributed by atoms with Crippen molar-refractivity contribution >= 4 is 17.5 Å². The molecule has 0 saturated carbocycles. The van der Waals surface area contributed by atoms with E-state index in [4.69, 9.17) is 10.5 Å². The molecule has 0 aliphatic rings. The maximum atomic E-state index is 11.6. The lowest BCUT2D eigenvalue weighted by Crippen LogP contribution is -2.25. The predicted octanol–water partition coefficient (Wildman–Crippen LogP) is 2.72. The fraction of sp³-hybridized carbons (Fsp3) is 0.684. The number of aromatic nitrogens is 1. The van der Waals surface area contributed by atoms with Crippen LogP contribution in [0.2, 0.25) is 0 Å². The van der Waals surface area contributed by atoms with Crippen LogP contribution in [-0.2, 0) is 16.0 Å². The molecule has 0 spiro atoms. The van der Waals surface area contributed by atoms with Gasteiger partial charge in [0.25, 0.3) is 0 Å². The first-order chi connectivity index (χ1) is 12.0. The molecule has 2 N–H and O–H groups in total. The molecule has 0 aromatic carbocycles. The first kappa shape index (κ1) is 21.2. The first-order valence-corrected chi connectivity index (χ1v) is 9.28. The highest BCUT2D eigenvalue weighted by Crippen LogP contribution is 2.20. The molecule has 1 heterocycles. The van der Waals surface area contributed by atoms with E-state index in [0.717, 1.165) is 50.2 Å². The van der Waals surface area contributed by atoms with Gasteiger partial charge in [-0.3, -0.25) is 4.79 Å². The smallest absolute Gasteiger partial charge is 0.307 e. The number of esters is 1. The number of anilines is 2. The molecule has 0 radical (unpaired) electrons. The normalized spacial score (nSPS) is 10.9. The summed E-state index contributed by atoms with van der Waals surface area (Å²) < 4.78 is 5.26. The highest BCUT2D eigenvalue weighted by atomic mass is 16.5. The molecule has 25 heavy (non-hydrogen) atoms. The van der Waals surface area contributed by atoms with Gasteiger partial charge in [0.2, 0.25) is 0 Å². The molecule has 0 unspecified atom stereocenters. The lowest BCUT2D eigenvalue weighted by atomic mass is 10.2. The molecule has 0 fully saturated rings. The van der Waals surface area contributed by atoms with E-state index < -0.39 is 0 Å². The predicted molar refractivity (Wildman–Crippen MR) is 104 cm³/mol. The van der Waals surface area contributed by atoms with Crippen molar-refractivity contribution in [1.82, 2.24) is 9.88 Å². The van der Waals surface area contributed by atoms with Crippen LogP contribution in [0.3, 0.4) is 0 Å². The molecule has 1 aromatic heterocycles. The molecule has 6 nitrogen and oxygen atoms in total. The molecule has 0 amide bonds. The van der Waals surface area contributed by atoms with Crippen LogP contribution in [0.1, 0.15) is 45.2 Å². The van der Waals surface area contributed by atoms with Crippen LogP contribution in [-0.4, -0.2) is 56.2 Å². The minimum absolute atomic E-state index is 0.146. The number of nitrogen functional groups attached to an aromatic ring is 1. The van der Waals surface area contributed by atoms with E-state index in [1.165, 1.54) is 0 Å². The van der Waals surface area contributed by atoms with Gasteiger partial charge in [-0.2, -0.15) is 0 Å². The van der Waals surface area contributed by atoms with E-state index in [9.17, 15) is 4.79 Å². The monoisotopic (exact) mass is 350 g/mol. The molecule has 1 aromatic rings. The second-order valence-electron chi connectivity index (χ2n) is 6.61. The Morgan fingerprint density at radius 1 is 1.16 bits per heavy atom. The van der Waals surface area contributed by atoms with Gasteiger partial charge in [-0.05, 0) is 45.8 Å². The summed E-state index contributed by atoms with van der Waals surface area (Å²) in [6.07, 6.45) is 4.13. The summed E-state index contributed by atoms with van der Waals surface area (Å²) in [6, 6.07) is 4.05. The molecule has 0 atom stereocenters. The Morgan fingerprint density at radius 3 is 2.44 bits per heavy atom. The molecule has 0 aliphatic heterocycles. The van der Waals surface area contributed by atoms with E-state index in [0.29, 0.717) is 25.4 Å². The van der Waals surface area contributed by atoms with Crippen LogP contribution >= 0.6 is 0 Å². The Morgan fingerprint density at radius 2 is 1.84 bits per heavy atom. The number of hydrogen-bond acceptors (Lipinski definition) is 6. The summed E-state index contributed by atoms with van der Waals surface area (Å²) in [7, 11) is 3.88. The summed E-state index contributed by atoms with van der Waals surface area (Å²) in [5.41, 5.74) is 8.07. The zero-order valence-electron chi connectivity index (χ0n) is 16.3. The van der Waals surface area contributed by atoms with Crippen LogP contribution < -0.4 is 10.6 Å². The largest absolute Gasteiger partial charge is 0.466 e. The number of carbonyl (C=O) groups excluding carboxylic acids is 1. The van der Waals surface area contributed by atoms with Gasteiger partial charge in [-0.25, -0.2) is 4.98 Å². The Hall–Kier alpha value is -1.82. The number of aryl methyl sites for hydroxylation is 1. The second-order valence-corrected chi connectivity index (χ2v) is 6.61. The minimum atomic E-state index is -0.146. The van der Waals surface area contributed by atoms with E-state index in [1.807, 2.05) is 25.1 Å². The number of nitrogens with zero attached hydrogens (tertiary/aromatic N) is 3. The van der Waals surface area contributed by atoms with Gasteiger partial charge in [0.1, 0.15) is 5.82 Å². The Kier molecular flexibility index (Phi) is 9.92. The van der Waals surface area contributed by atoms with Crippen molar-refractivity contribution in [3.05, 3.63) is 17.8 Å². The molecular formula is C19H34N4O2. The number of ether oxygens (including phenoxy) is 1. The van der Waals surface area contributed by atoms with Crippen LogP contribution in [0.5, 0.6) is 0 Å². The fourth-order valence-electron chi connectivity index (χ4n) is 2.64. The Labute approximate surface area is 152 Å². The van der Waals surface area contributed by atoms with Crippen molar-refractivity contribution in [1.29, 1.82) is 0 Å². The van der Waals surface area contributed by atoms with Gasteiger partial charge < -0.3 is 20.3 Å². The summed E-state index contributed by atoms with van der Waals surface area (Å²) in [5.74, 6) is 0.402. The summed E-state index contributed by atoms with van der Waals surface area (Å²) >= 11 is 0. The maximum absolute atomic E-state index is 11.6. The van der Waals surface area contributed by atoms with Crippen molar-refractivity contribution in [2.24, 2.45) is 0 Å². The topological polar surface area (TPSA) is 71.7 Å². The minimum Gasteiger partial charge on any atom is -0.466 e. The molecule has 142 valence electrons. The average molecular weight is 351 g/mol. The number of rotatable bonds is 12. The summed E-state index contributed by atoms with van der Waals surface area (Å²) in [6.45, 7) is 7.52. The van der Waals surface area contributed by atoms with E-state index in [2.05, 4.69) is 29.8 Å². The SMILES string of the molecule is CCCN(CCC)c1cc(N)nc(CCCOC(=O)CCN(C)C)c1. The van der Waals surface area contributed by atoms with Crippen LogP contribution in [0.15, 0.2) is 12.1 Å². The van der Waals surface area contributed by atoms with Gasteiger partial charge in [0.15, 0.2) is 0 Å². The third-order valence-electron chi connectivity index (χ3n) is 3.84. The lowest BCUT2D eigenvalue weighted by molar-refractivity contribution is -0.144. The van der Waals surface area contributed by atoms with Crippen LogP contribution in [0.25, 0.3) is 0 Å². The lowest BCUT2D eigenvalue weighted by Gasteiger charge is -2.24. The molecule has 0 aliphatic carbocycles. The fourth-order valence-corrected chi connectivity index (χ4v) is 2.64. The van der Waals surface area contributed by atoms with Crippen molar-refractivity contribution in [3.8, 4) is 0 Å². The number of hydrogen-bond donors (Lipinski definition) is 1. The van der Waals surface area contributed by atoms with Crippen molar-refractivity contribution in [2.75, 3.05) is 51.0 Å². The highest BCUT2D eigenvalue weighted by molar-refractivity contribution is 5.69. The van der Waals surface area contributed by atoms with Gasteiger partial charge >= 0.3 is 5.97 Å². The van der Waals surface area contributed by atoms with E-state index in [-0.39, 0.29) is 5.97 Å². The third-order valence-corrected chi connectivity index (χ3v) is 3.84. The number of nitrogens with two attached hydrogens (primary N) is 1. The van der Waals surface area contributed by atoms with Gasteiger partial charge in [-0.15, -0.1) is 0 Å². The average Bonchev–Trinajstić information content (AvgIpc) is 2.56. The molecular weight excluding hydrogens is 316 g/mol. The molecule has 0 saturated heterocycles. The highest BCUT2D eigenvalue weighted by Gasteiger charge is 2.09. The zero-order chi connectivity index (χ0) is 18.7. The summed E-state index contributed by atoms with van der Waals surface area (Å²) in [4.78, 5) is 20.3. The molecule has 1 rings (SSSR count). The standard InChI is InChI=1S/C19H34N4O2/c1-5-10-23(11-6-2)17-14-16(21-18(20)15-17)8-7-13-25-19(24)9-12-22(3)4/h14-15H,5-13H2,1-4H3,(H2,20,21). The van der Waals surface area contributed by atoms with Crippen molar-refractivity contribution in [3.63, 3.8) is 0 Å². The Bertz CT molecular complexity index is 514. The van der Waals surface area contributed by atoms with E-state index in [1.54, 1.807) is 0 Å². The Balaban J connectivity index is 2.51. The maximum Gasteiger partial charge on any atom is 0.307 e. The van der Waals surface area contributed by atoms with Gasteiger partial charge in [0, 0.05) is 37.1 Å². The quantitative estimate of drug-likeness (QED) is 0.462. The second kappa shape index (κ2) is 11.7. The molecule has 6 heteroatoms. The molecule has 0 bridgehead atoms. The van der Waals surface area contributed by atoms with Gasteiger partial charge in [-0.1, -0.05) is 13.8 Å². The van der Waals surface area contributed by atoms with Crippen molar-refractivity contribution in [2.45, 2.75) is 46.0 Å². The van der Waals surface area contributed by atoms with E-state index >= 15 is 0 Å². The zero-order valence-corrected chi connectivity index (χ0v) is 16.3. The first-order valence-electron chi connectivity index (χ1n) is 9.28. The number of carbonyl (C=O) groups is 1. The van der Waals surface area contributed by atoms with Crippen LogP contribution in [0, 0.1) is 0 Å². The third kappa shape index (κ3) is 8.72. The number of pyridine rings is 1. The van der Waals surface area contributed by atoms with Crippen LogP contribution in [0.4, 0.5) is 11.5 Å². The van der Waals surface area contributed by atoms with Gasteiger partial charge in [0.05, 0.1) is 13.0 Å².